The Labute approximate surface area is 81.9 Å². The molecule has 0 aliphatic heterocycles. The number of aromatic nitrogens is 1. The lowest BCUT2D eigenvalue weighted by Gasteiger charge is -1.96. The van der Waals surface area contributed by atoms with Crippen molar-refractivity contribution in [2.45, 2.75) is 6.54 Å². The van der Waals surface area contributed by atoms with Gasteiger partial charge in [-0.1, -0.05) is 17.7 Å². The number of H-pyrrole nitrogens is 1. The number of aromatic amines is 1. The smallest absolute Gasteiger partial charge is 0.0472 e. The number of halogens is 1. The highest BCUT2D eigenvalue weighted by Crippen LogP contribution is 2.21. The molecular formula is C10H11ClN2. The molecular weight excluding hydrogens is 184 g/mol. The van der Waals surface area contributed by atoms with Crippen molar-refractivity contribution in [2.24, 2.45) is 0 Å². The van der Waals surface area contributed by atoms with Gasteiger partial charge in [-0.05, 0) is 24.7 Å². The third-order valence-corrected chi connectivity index (χ3v) is 2.33. The summed E-state index contributed by atoms with van der Waals surface area (Å²) in [6.45, 7) is 0.877. The van der Waals surface area contributed by atoms with Gasteiger partial charge in [-0.15, -0.1) is 0 Å². The zero-order chi connectivity index (χ0) is 9.26. The topological polar surface area (TPSA) is 27.8 Å². The van der Waals surface area contributed by atoms with Gasteiger partial charge < -0.3 is 10.3 Å². The van der Waals surface area contributed by atoms with Crippen LogP contribution in [0.5, 0.6) is 0 Å². The third kappa shape index (κ3) is 1.55. The van der Waals surface area contributed by atoms with E-state index < -0.39 is 0 Å². The molecule has 0 spiro atoms. The van der Waals surface area contributed by atoms with Gasteiger partial charge in [0.1, 0.15) is 0 Å². The summed E-state index contributed by atoms with van der Waals surface area (Å²) in [7, 11) is 1.94. The van der Waals surface area contributed by atoms with Crippen LogP contribution in [-0.4, -0.2) is 12.0 Å². The molecule has 13 heavy (non-hydrogen) atoms. The maximum Gasteiger partial charge on any atom is 0.0472 e. The Hall–Kier alpha value is -0.990. The number of fused-ring (bicyclic) bond motifs is 1. The van der Waals surface area contributed by atoms with E-state index >= 15 is 0 Å². The Morgan fingerprint density at radius 3 is 3.08 bits per heavy atom. The molecule has 2 rings (SSSR count). The average Bonchev–Trinajstić information content (AvgIpc) is 2.49. The number of hydrogen-bond acceptors (Lipinski definition) is 1. The van der Waals surface area contributed by atoms with Gasteiger partial charge in [0.15, 0.2) is 0 Å². The monoisotopic (exact) mass is 194 g/mol. The van der Waals surface area contributed by atoms with E-state index in [2.05, 4.69) is 10.3 Å². The van der Waals surface area contributed by atoms with Crippen molar-refractivity contribution in [3.05, 3.63) is 35.0 Å². The van der Waals surface area contributed by atoms with Crippen molar-refractivity contribution in [2.75, 3.05) is 7.05 Å². The summed E-state index contributed by atoms with van der Waals surface area (Å²) in [5, 5.41) is 5.13. The van der Waals surface area contributed by atoms with Gasteiger partial charge in [0.25, 0.3) is 0 Å². The highest BCUT2D eigenvalue weighted by atomic mass is 35.5. The SMILES string of the molecule is CNCc1c[nH]c2cc(Cl)ccc12. The molecule has 0 saturated heterocycles. The molecule has 3 heteroatoms. The van der Waals surface area contributed by atoms with Crippen LogP contribution in [0.25, 0.3) is 10.9 Å². The molecule has 2 nitrogen and oxygen atoms in total. The normalized spacial score (nSPS) is 10.9. The molecule has 1 aromatic heterocycles. The van der Waals surface area contributed by atoms with Crippen LogP contribution in [0.3, 0.4) is 0 Å². The third-order valence-electron chi connectivity index (χ3n) is 2.10. The second-order valence-electron chi connectivity index (χ2n) is 3.03. The molecule has 1 heterocycles. The first-order chi connectivity index (χ1) is 6.31. The van der Waals surface area contributed by atoms with Gasteiger partial charge in [0, 0.05) is 28.7 Å². The van der Waals surface area contributed by atoms with Gasteiger partial charge in [0.05, 0.1) is 0 Å². The second-order valence-corrected chi connectivity index (χ2v) is 3.47. The summed E-state index contributed by atoms with van der Waals surface area (Å²) in [6, 6.07) is 5.90. The van der Waals surface area contributed by atoms with Crippen molar-refractivity contribution in [3.63, 3.8) is 0 Å². The van der Waals surface area contributed by atoms with E-state index in [1.807, 2.05) is 31.4 Å². The molecule has 68 valence electrons. The highest BCUT2D eigenvalue weighted by molar-refractivity contribution is 6.31. The first-order valence-electron chi connectivity index (χ1n) is 4.21. The van der Waals surface area contributed by atoms with E-state index in [-0.39, 0.29) is 0 Å². The fraction of sp³-hybridized carbons (Fsp3) is 0.200. The summed E-state index contributed by atoms with van der Waals surface area (Å²) in [5.41, 5.74) is 2.37. The van der Waals surface area contributed by atoms with Crippen LogP contribution in [0.15, 0.2) is 24.4 Å². The summed E-state index contributed by atoms with van der Waals surface area (Å²) >= 11 is 5.87. The fourth-order valence-corrected chi connectivity index (χ4v) is 1.67. The van der Waals surface area contributed by atoms with E-state index in [0.29, 0.717) is 0 Å². The van der Waals surface area contributed by atoms with Crippen molar-refractivity contribution in [1.29, 1.82) is 0 Å². The molecule has 0 bridgehead atoms. The lowest BCUT2D eigenvalue weighted by molar-refractivity contribution is 0.823. The summed E-state index contributed by atoms with van der Waals surface area (Å²) < 4.78 is 0. The second kappa shape index (κ2) is 3.40. The van der Waals surface area contributed by atoms with E-state index in [0.717, 1.165) is 17.1 Å². The Balaban J connectivity index is 2.55. The predicted octanol–water partition coefficient (Wildman–Crippen LogP) is 2.54. The summed E-state index contributed by atoms with van der Waals surface area (Å²) in [6.07, 6.45) is 2.01. The largest absolute Gasteiger partial charge is 0.361 e. The minimum absolute atomic E-state index is 0.769. The van der Waals surface area contributed by atoms with E-state index in [1.165, 1.54) is 10.9 Å². The van der Waals surface area contributed by atoms with Crippen molar-refractivity contribution >= 4 is 22.5 Å². The van der Waals surface area contributed by atoms with Crippen LogP contribution < -0.4 is 5.32 Å². The molecule has 0 fully saturated rings. The number of nitrogens with one attached hydrogen (secondary N) is 2. The molecule has 1 aromatic carbocycles. The van der Waals surface area contributed by atoms with Gasteiger partial charge in [-0.3, -0.25) is 0 Å². The fourth-order valence-electron chi connectivity index (χ4n) is 1.50. The minimum Gasteiger partial charge on any atom is -0.361 e. The van der Waals surface area contributed by atoms with Crippen LogP contribution >= 0.6 is 11.6 Å². The molecule has 0 atom stereocenters. The zero-order valence-corrected chi connectivity index (χ0v) is 8.15. The Morgan fingerprint density at radius 1 is 1.46 bits per heavy atom. The Bertz CT molecular complexity index is 420. The number of hydrogen-bond donors (Lipinski definition) is 2. The van der Waals surface area contributed by atoms with E-state index in [4.69, 9.17) is 11.6 Å². The van der Waals surface area contributed by atoms with Gasteiger partial charge in [-0.2, -0.15) is 0 Å². The van der Waals surface area contributed by atoms with Crippen LogP contribution in [-0.2, 0) is 6.54 Å². The summed E-state index contributed by atoms with van der Waals surface area (Å²) in [5.74, 6) is 0. The van der Waals surface area contributed by atoms with Crippen molar-refractivity contribution < 1.29 is 0 Å². The predicted molar refractivity (Wildman–Crippen MR) is 56.1 cm³/mol. The van der Waals surface area contributed by atoms with Gasteiger partial charge in [-0.25, -0.2) is 0 Å². The van der Waals surface area contributed by atoms with Crippen LogP contribution in [0.1, 0.15) is 5.56 Å². The molecule has 0 aliphatic carbocycles. The standard InChI is InChI=1S/C10H11ClN2/c1-12-5-7-6-13-10-4-8(11)2-3-9(7)10/h2-4,6,12-13H,5H2,1H3. The molecule has 2 N–H and O–H groups in total. The van der Waals surface area contributed by atoms with Crippen molar-refractivity contribution in [3.8, 4) is 0 Å². The molecule has 0 saturated carbocycles. The van der Waals surface area contributed by atoms with Crippen LogP contribution in [0, 0.1) is 0 Å². The van der Waals surface area contributed by atoms with Crippen LogP contribution in [0.2, 0.25) is 5.02 Å². The minimum atomic E-state index is 0.769. The first kappa shape index (κ1) is 8.60. The lowest BCUT2D eigenvalue weighted by Crippen LogP contribution is -2.03. The van der Waals surface area contributed by atoms with Gasteiger partial charge in [0.2, 0.25) is 0 Å². The van der Waals surface area contributed by atoms with E-state index in [1.54, 1.807) is 0 Å². The summed E-state index contributed by atoms with van der Waals surface area (Å²) in [4.78, 5) is 3.19. The number of rotatable bonds is 2. The first-order valence-corrected chi connectivity index (χ1v) is 4.59. The highest BCUT2D eigenvalue weighted by Gasteiger charge is 2.01. The Kier molecular flexibility index (Phi) is 2.25. The molecule has 0 aliphatic rings. The van der Waals surface area contributed by atoms with Crippen molar-refractivity contribution in [1.82, 2.24) is 10.3 Å². The Morgan fingerprint density at radius 2 is 2.31 bits per heavy atom. The number of benzene rings is 1. The molecule has 0 radical (unpaired) electrons. The molecule has 0 amide bonds. The zero-order valence-electron chi connectivity index (χ0n) is 7.39. The van der Waals surface area contributed by atoms with E-state index in [9.17, 15) is 0 Å². The average molecular weight is 195 g/mol. The quantitative estimate of drug-likeness (QED) is 0.756. The molecule has 0 unspecified atom stereocenters. The molecule has 2 aromatic rings. The van der Waals surface area contributed by atoms with Crippen LogP contribution in [0.4, 0.5) is 0 Å². The maximum atomic E-state index is 5.87. The lowest BCUT2D eigenvalue weighted by atomic mass is 10.2. The maximum absolute atomic E-state index is 5.87. The van der Waals surface area contributed by atoms with Gasteiger partial charge >= 0.3 is 0 Å².